The Hall–Kier alpha value is -1.46. The predicted molar refractivity (Wildman–Crippen MR) is 58.3 cm³/mol. The number of aromatic nitrogens is 3. The molecule has 5 heteroatoms. The number of nitrogens with zero attached hydrogens (tertiary/aromatic N) is 3. The standard InChI is InChI=1S/C10H10N4S/c11-6-8-2-1-4-13-10(8)15-9-3-5-12-7-14-9/h1-5,7H,6,11H2. The normalized spacial score (nSPS) is 10.2. The van der Waals surface area contributed by atoms with Crippen LogP contribution in [0.2, 0.25) is 0 Å². The first-order valence-corrected chi connectivity index (χ1v) is 5.29. The highest BCUT2D eigenvalue weighted by molar-refractivity contribution is 7.99. The van der Waals surface area contributed by atoms with E-state index in [0.29, 0.717) is 6.54 Å². The highest BCUT2D eigenvalue weighted by Gasteiger charge is 2.04. The van der Waals surface area contributed by atoms with Gasteiger partial charge in [-0.25, -0.2) is 15.0 Å². The fourth-order valence-corrected chi connectivity index (χ4v) is 1.93. The van der Waals surface area contributed by atoms with Gasteiger partial charge in [0.25, 0.3) is 0 Å². The van der Waals surface area contributed by atoms with Gasteiger partial charge in [-0.05, 0) is 29.5 Å². The third kappa shape index (κ3) is 2.51. The average molecular weight is 218 g/mol. The van der Waals surface area contributed by atoms with Gasteiger partial charge in [-0.3, -0.25) is 0 Å². The van der Waals surface area contributed by atoms with Crippen molar-refractivity contribution in [2.45, 2.75) is 16.6 Å². The summed E-state index contributed by atoms with van der Waals surface area (Å²) in [5.74, 6) is 0. The van der Waals surface area contributed by atoms with Gasteiger partial charge in [-0.15, -0.1) is 0 Å². The summed E-state index contributed by atoms with van der Waals surface area (Å²) in [6.07, 6.45) is 4.98. The maximum Gasteiger partial charge on any atom is 0.116 e. The number of hydrogen-bond donors (Lipinski definition) is 1. The van der Waals surface area contributed by atoms with Crippen molar-refractivity contribution in [3.05, 3.63) is 42.5 Å². The average Bonchev–Trinajstić information content (AvgIpc) is 2.31. The second-order valence-corrected chi connectivity index (χ2v) is 3.83. The molecule has 0 spiro atoms. The Balaban J connectivity index is 2.24. The molecule has 76 valence electrons. The molecule has 0 radical (unpaired) electrons. The van der Waals surface area contributed by atoms with Gasteiger partial charge >= 0.3 is 0 Å². The van der Waals surface area contributed by atoms with Crippen molar-refractivity contribution in [1.29, 1.82) is 0 Å². The third-order valence-corrected chi connectivity index (χ3v) is 2.84. The summed E-state index contributed by atoms with van der Waals surface area (Å²) in [7, 11) is 0. The molecule has 2 heterocycles. The highest BCUT2D eigenvalue weighted by atomic mass is 32.2. The number of rotatable bonds is 3. The zero-order valence-electron chi connectivity index (χ0n) is 8.00. The Labute approximate surface area is 92.0 Å². The molecule has 2 rings (SSSR count). The largest absolute Gasteiger partial charge is 0.326 e. The molecule has 0 saturated carbocycles. The molecule has 2 N–H and O–H groups in total. The van der Waals surface area contributed by atoms with Gasteiger partial charge in [0.15, 0.2) is 0 Å². The van der Waals surface area contributed by atoms with Crippen LogP contribution in [0.15, 0.2) is 47.0 Å². The van der Waals surface area contributed by atoms with E-state index in [4.69, 9.17) is 5.73 Å². The molecule has 0 atom stereocenters. The summed E-state index contributed by atoms with van der Waals surface area (Å²) in [5, 5.41) is 1.78. The predicted octanol–water partition coefficient (Wildman–Crippen LogP) is 1.48. The van der Waals surface area contributed by atoms with Crippen LogP contribution in [-0.4, -0.2) is 15.0 Å². The van der Waals surface area contributed by atoms with Crippen LogP contribution in [0.4, 0.5) is 0 Å². The van der Waals surface area contributed by atoms with E-state index < -0.39 is 0 Å². The van der Waals surface area contributed by atoms with Crippen LogP contribution < -0.4 is 5.73 Å². The van der Waals surface area contributed by atoms with Crippen LogP contribution in [0.3, 0.4) is 0 Å². The monoisotopic (exact) mass is 218 g/mol. The molecule has 4 nitrogen and oxygen atoms in total. The third-order valence-electron chi connectivity index (χ3n) is 1.83. The lowest BCUT2D eigenvalue weighted by Gasteiger charge is -2.04. The first kappa shape index (κ1) is 10.1. The Bertz CT molecular complexity index is 432. The van der Waals surface area contributed by atoms with E-state index in [-0.39, 0.29) is 0 Å². The van der Waals surface area contributed by atoms with Crippen LogP contribution in [0.25, 0.3) is 0 Å². The van der Waals surface area contributed by atoms with E-state index in [1.807, 2.05) is 18.2 Å². The van der Waals surface area contributed by atoms with Gasteiger partial charge in [0.2, 0.25) is 0 Å². The topological polar surface area (TPSA) is 64.7 Å². The lowest BCUT2D eigenvalue weighted by atomic mass is 10.3. The Morgan fingerprint density at radius 3 is 2.87 bits per heavy atom. The van der Waals surface area contributed by atoms with Crippen LogP contribution in [0, 0.1) is 0 Å². The van der Waals surface area contributed by atoms with Gasteiger partial charge in [-0.1, -0.05) is 6.07 Å². The second kappa shape index (κ2) is 4.86. The molecule has 0 bridgehead atoms. The fraction of sp³-hybridized carbons (Fsp3) is 0.100. The maximum absolute atomic E-state index is 5.62. The molecular formula is C10H10N4S. The molecular weight excluding hydrogens is 208 g/mol. The van der Waals surface area contributed by atoms with E-state index in [1.165, 1.54) is 18.1 Å². The van der Waals surface area contributed by atoms with Crippen molar-refractivity contribution < 1.29 is 0 Å². The summed E-state index contributed by atoms with van der Waals surface area (Å²) in [6.45, 7) is 0.487. The van der Waals surface area contributed by atoms with E-state index in [9.17, 15) is 0 Å². The molecule has 0 saturated heterocycles. The van der Waals surface area contributed by atoms with E-state index >= 15 is 0 Å². The van der Waals surface area contributed by atoms with Crippen molar-refractivity contribution in [2.24, 2.45) is 5.73 Å². The highest BCUT2D eigenvalue weighted by Crippen LogP contribution is 2.25. The van der Waals surface area contributed by atoms with Crippen molar-refractivity contribution in [1.82, 2.24) is 15.0 Å². The smallest absolute Gasteiger partial charge is 0.116 e. The molecule has 0 aliphatic rings. The molecule has 0 unspecified atom stereocenters. The SMILES string of the molecule is NCc1cccnc1Sc1ccncn1. The minimum absolute atomic E-state index is 0.487. The van der Waals surface area contributed by atoms with Crippen LogP contribution in [0.1, 0.15) is 5.56 Å². The first-order chi connectivity index (χ1) is 7.40. The summed E-state index contributed by atoms with van der Waals surface area (Å²) in [4.78, 5) is 12.2. The van der Waals surface area contributed by atoms with Crippen molar-refractivity contribution in [3.63, 3.8) is 0 Å². The van der Waals surface area contributed by atoms with E-state index in [1.54, 1.807) is 12.4 Å². The number of nitrogens with two attached hydrogens (primary N) is 1. The van der Waals surface area contributed by atoms with Gasteiger partial charge in [0.05, 0.1) is 0 Å². The Morgan fingerprint density at radius 2 is 2.13 bits per heavy atom. The van der Waals surface area contributed by atoms with Crippen LogP contribution in [0.5, 0.6) is 0 Å². The van der Waals surface area contributed by atoms with Crippen LogP contribution in [-0.2, 0) is 6.54 Å². The second-order valence-electron chi connectivity index (χ2n) is 2.82. The van der Waals surface area contributed by atoms with Gasteiger partial charge in [-0.2, -0.15) is 0 Å². The number of hydrogen-bond acceptors (Lipinski definition) is 5. The first-order valence-electron chi connectivity index (χ1n) is 4.48. The van der Waals surface area contributed by atoms with E-state index in [2.05, 4.69) is 15.0 Å². The number of pyridine rings is 1. The van der Waals surface area contributed by atoms with Crippen molar-refractivity contribution in [3.8, 4) is 0 Å². The van der Waals surface area contributed by atoms with Gasteiger partial charge in [0.1, 0.15) is 16.4 Å². The summed E-state index contributed by atoms with van der Waals surface area (Å²) >= 11 is 1.50. The van der Waals surface area contributed by atoms with Crippen LogP contribution >= 0.6 is 11.8 Å². The molecule has 15 heavy (non-hydrogen) atoms. The minimum atomic E-state index is 0.487. The zero-order valence-corrected chi connectivity index (χ0v) is 8.81. The zero-order chi connectivity index (χ0) is 10.5. The quantitative estimate of drug-likeness (QED) is 0.790. The lowest BCUT2D eigenvalue weighted by Crippen LogP contribution is -1.99. The fourth-order valence-electron chi connectivity index (χ4n) is 1.11. The molecule has 0 aromatic carbocycles. The lowest BCUT2D eigenvalue weighted by molar-refractivity contribution is 0.956. The van der Waals surface area contributed by atoms with E-state index in [0.717, 1.165) is 15.6 Å². The minimum Gasteiger partial charge on any atom is -0.326 e. The Morgan fingerprint density at radius 1 is 1.20 bits per heavy atom. The van der Waals surface area contributed by atoms with Gasteiger partial charge in [0, 0.05) is 18.9 Å². The summed E-state index contributed by atoms with van der Waals surface area (Å²) in [6, 6.07) is 5.70. The molecule has 2 aromatic heterocycles. The Kier molecular flexibility index (Phi) is 3.26. The summed E-state index contributed by atoms with van der Waals surface area (Å²) in [5.41, 5.74) is 6.65. The molecule has 0 fully saturated rings. The van der Waals surface area contributed by atoms with Crippen molar-refractivity contribution >= 4 is 11.8 Å². The molecule has 0 aliphatic heterocycles. The molecule has 2 aromatic rings. The maximum atomic E-state index is 5.62. The molecule has 0 amide bonds. The van der Waals surface area contributed by atoms with Crippen molar-refractivity contribution in [2.75, 3.05) is 0 Å². The summed E-state index contributed by atoms with van der Waals surface area (Å²) < 4.78 is 0. The molecule has 0 aliphatic carbocycles. The van der Waals surface area contributed by atoms with Gasteiger partial charge < -0.3 is 5.73 Å².